The fraction of sp³-hybridized carbons (Fsp3) is 0.0417. The number of carbonyl (C=O) groups is 2. The Bertz CT molecular complexity index is 1180. The molecule has 0 radical (unpaired) electrons. The molecule has 148 valence electrons. The van der Waals surface area contributed by atoms with E-state index in [1.165, 1.54) is 24.3 Å². The first-order valence-electron chi connectivity index (χ1n) is 9.16. The Labute approximate surface area is 172 Å². The van der Waals surface area contributed by atoms with E-state index >= 15 is 0 Å². The largest absolute Gasteiger partial charge is 0.423 e. The van der Waals surface area contributed by atoms with Crippen LogP contribution in [0.5, 0.6) is 5.75 Å². The zero-order valence-corrected chi connectivity index (χ0v) is 16.0. The molecule has 6 heteroatoms. The van der Waals surface area contributed by atoms with Crippen LogP contribution in [0.25, 0.3) is 6.08 Å². The van der Waals surface area contributed by atoms with E-state index in [-0.39, 0.29) is 17.4 Å². The van der Waals surface area contributed by atoms with Gasteiger partial charge in [-0.3, -0.25) is 0 Å². The summed E-state index contributed by atoms with van der Waals surface area (Å²) in [6.45, 7) is 1.84. The van der Waals surface area contributed by atoms with Crippen molar-refractivity contribution in [3.05, 3.63) is 107 Å². The number of hydrogen-bond acceptors (Lipinski definition) is 5. The molecular weight excluding hydrogens is 385 g/mol. The monoisotopic (exact) mass is 401 g/mol. The summed E-state index contributed by atoms with van der Waals surface area (Å²) in [5.74, 6) is -0.913. The van der Waals surface area contributed by atoms with E-state index in [1.54, 1.807) is 42.5 Å². The maximum Gasteiger partial charge on any atom is 0.363 e. The molecule has 0 aromatic heterocycles. The van der Waals surface area contributed by atoms with Crippen molar-refractivity contribution in [3.63, 3.8) is 0 Å². The van der Waals surface area contributed by atoms with Gasteiger partial charge < -0.3 is 9.47 Å². The molecule has 1 heterocycles. The highest BCUT2D eigenvalue weighted by Gasteiger charge is 2.24. The van der Waals surface area contributed by atoms with Crippen LogP contribution in [0, 0.1) is 12.7 Å². The lowest BCUT2D eigenvalue weighted by Gasteiger charge is -2.06. The number of nitrogens with zero attached hydrogens (tertiary/aromatic N) is 1. The van der Waals surface area contributed by atoms with Crippen LogP contribution in [0.4, 0.5) is 4.39 Å². The minimum Gasteiger partial charge on any atom is -0.423 e. The maximum absolute atomic E-state index is 13.1. The Balaban J connectivity index is 1.49. The molecule has 1 aliphatic rings. The number of rotatable bonds is 4. The molecule has 0 spiro atoms. The second-order valence-corrected chi connectivity index (χ2v) is 6.62. The molecule has 4 rings (SSSR count). The number of benzene rings is 3. The third kappa shape index (κ3) is 4.17. The van der Waals surface area contributed by atoms with Crippen LogP contribution in [0.2, 0.25) is 0 Å². The minimum absolute atomic E-state index is 0.120. The first-order chi connectivity index (χ1) is 14.5. The van der Waals surface area contributed by atoms with E-state index < -0.39 is 11.9 Å². The standard InChI is InChI=1S/C24H16FNO4/c1-15-4-2-3-5-20(15)23(27)29-19-12-6-16(7-13-19)14-21-24(28)30-22(26-21)17-8-10-18(25)11-9-17/h2-14H,1H3/b21-14+. The molecule has 30 heavy (non-hydrogen) atoms. The van der Waals surface area contributed by atoms with E-state index in [9.17, 15) is 14.0 Å². The van der Waals surface area contributed by atoms with E-state index in [0.29, 0.717) is 22.4 Å². The Hall–Kier alpha value is -4.06. The zero-order valence-electron chi connectivity index (χ0n) is 16.0. The summed E-state index contributed by atoms with van der Waals surface area (Å²) in [4.78, 5) is 28.6. The molecule has 0 fully saturated rings. The lowest BCUT2D eigenvalue weighted by atomic mass is 10.1. The smallest absolute Gasteiger partial charge is 0.363 e. The molecule has 0 amide bonds. The lowest BCUT2D eigenvalue weighted by Crippen LogP contribution is -2.09. The minimum atomic E-state index is -0.593. The van der Waals surface area contributed by atoms with Crippen molar-refractivity contribution in [2.24, 2.45) is 4.99 Å². The molecule has 0 unspecified atom stereocenters. The van der Waals surface area contributed by atoms with Crippen LogP contribution in [0.3, 0.4) is 0 Å². The van der Waals surface area contributed by atoms with E-state index in [4.69, 9.17) is 9.47 Å². The molecule has 0 aliphatic carbocycles. The zero-order chi connectivity index (χ0) is 21.1. The van der Waals surface area contributed by atoms with E-state index in [0.717, 1.165) is 5.56 Å². The normalized spacial score (nSPS) is 14.4. The summed E-state index contributed by atoms with van der Waals surface area (Å²) in [6.07, 6.45) is 1.56. The van der Waals surface area contributed by atoms with Gasteiger partial charge in [-0.05, 0) is 66.6 Å². The first kappa shape index (κ1) is 19.3. The van der Waals surface area contributed by atoms with Crippen molar-refractivity contribution >= 4 is 23.9 Å². The molecule has 3 aromatic carbocycles. The van der Waals surface area contributed by atoms with Gasteiger partial charge in [0.2, 0.25) is 5.90 Å². The number of halogens is 1. The molecule has 3 aromatic rings. The molecule has 5 nitrogen and oxygen atoms in total. The fourth-order valence-corrected chi connectivity index (χ4v) is 2.88. The summed E-state index contributed by atoms with van der Waals surface area (Å²) in [6, 6.07) is 19.4. The van der Waals surface area contributed by atoms with Crippen molar-refractivity contribution in [2.45, 2.75) is 6.92 Å². The fourth-order valence-electron chi connectivity index (χ4n) is 2.88. The van der Waals surface area contributed by atoms with Crippen LogP contribution < -0.4 is 4.74 Å². The topological polar surface area (TPSA) is 65.0 Å². The van der Waals surface area contributed by atoms with Crippen LogP contribution in [0.1, 0.15) is 27.0 Å². The number of ether oxygens (including phenoxy) is 2. The second kappa shape index (κ2) is 8.13. The van der Waals surface area contributed by atoms with Gasteiger partial charge in [0.05, 0.1) is 5.56 Å². The van der Waals surface area contributed by atoms with E-state index in [1.807, 2.05) is 19.1 Å². The molecular formula is C24H16FNO4. The predicted molar refractivity (Wildman–Crippen MR) is 110 cm³/mol. The SMILES string of the molecule is Cc1ccccc1C(=O)Oc1ccc(/C=C2/N=C(c3ccc(F)cc3)OC2=O)cc1. The van der Waals surface area contributed by atoms with Gasteiger partial charge in [0.25, 0.3) is 0 Å². The third-order valence-electron chi connectivity index (χ3n) is 4.47. The predicted octanol–water partition coefficient (Wildman–Crippen LogP) is 4.70. The summed E-state index contributed by atoms with van der Waals surface area (Å²) in [7, 11) is 0. The molecule has 1 aliphatic heterocycles. The van der Waals surface area contributed by atoms with Gasteiger partial charge in [0.15, 0.2) is 5.70 Å². The van der Waals surface area contributed by atoms with Gasteiger partial charge in [-0.1, -0.05) is 30.3 Å². The van der Waals surface area contributed by atoms with E-state index in [2.05, 4.69) is 4.99 Å². The van der Waals surface area contributed by atoms with Crippen molar-refractivity contribution in [1.29, 1.82) is 0 Å². The van der Waals surface area contributed by atoms with Gasteiger partial charge in [0, 0.05) is 5.56 Å². The lowest BCUT2D eigenvalue weighted by molar-refractivity contribution is -0.129. The average molecular weight is 401 g/mol. The number of aliphatic imine (C=N–C) groups is 1. The molecule has 0 saturated heterocycles. The van der Waals surface area contributed by atoms with Crippen LogP contribution in [-0.2, 0) is 9.53 Å². The van der Waals surface area contributed by atoms with Crippen molar-refractivity contribution in [1.82, 2.24) is 0 Å². The van der Waals surface area contributed by atoms with Crippen molar-refractivity contribution < 1.29 is 23.5 Å². The highest BCUT2D eigenvalue weighted by atomic mass is 19.1. The molecule has 0 bridgehead atoms. The van der Waals surface area contributed by atoms with Gasteiger partial charge >= 0.3 is 11.9 Å². The summed E-state index contributed by atoms with van der Waals surface area (Å²) >= 11 is 0. The number of cyclic esters (lactones) is 1. The number of aryl methyl sites for hydroxylation is 1. The van der Waals surface area contributed by atoms with Gasteiger partial charge in [0.1, 0.15) is 11.6 Å². The Morgan fingerprint density at radius 2 is 1.70 bits per heavy atom. The first-order valence-corrected chi connectivity index (χ1v) is 9.16. The third-order valence-corrected chi connectivity index (χ3v) is 4.47. The van der Waals surface area contributed by atoms with Crippen LogP contribution >= 0.6 is 0 Å². The van der Waals surface area contributed by atoms with Gasteiger partial charge in [-0.2, -0.15) is 0 Å². The van der Waals surface area contributed by atoms with Crippen LogP contribution in [0.15, 0.2) is 83.5 Å². The highest BCUT2D eigenvalue weighted by Crippen LogP contribution is 2.21. The Morgan fingerprint density at radius 1 is 1.00 bits per heavy atom. The second-order valence-electron chi connectivity index (χ2n) is 6.62. The number of carbonyl (C=O) groups excluding carboxylic acids is 2. The van der Waals surface area contributed by atoms with Crippen LogP contribution in [-0.4, -0.2) is 17.8 Å². The van der Waals surface area contributed by atoms with Crippen molar-refractivity contribution in [3.8, 4) is 5.75 Å². The molecule has 0 saturated carbocycles. The number of hydrogen-bond donors (Lipinski definition) is 0. The summed E-state index contributed by atoms with van der Waals surface area (Å²) < 4.78 is 23.6. The highest BCUT2D eigenvalue weighted by molar-refractivity contribution is 6.12. The number of esters is 2. The van der Waals surface area contributed by atoms with Crippen molar-refractivity contribution in [2.75, 3.05) is 0 Å². The Morgan fingerprint density at radius 3 is 2.40 bits per heavy atom. The maximum atomic E-state index is 13.1. The summed E-state index contributed by atoms with van der Waals surface area (Å²) in [5.41, 5.74) is 2.64. The van der Waals surface area contributed by atoms with Gasteiger partial charge in [-0.25, -0.2) is 19.0 Å². The molecule has 0 atom stereocenters. The van der Waals surface area contributed by atoms with Gasteiger partial charge in [-0.15, -0.1) is 0 Å². The quantitative estimate of drug-likeness (QED) is 0.361. The summed E-state index contributed by atoms with van der Waals surface area (Å²) in [5, 5.41) is 0. The molecule has 0 N–H and O–H groups in total. The average Bonchev–Trinajstić information content (AvgIpc) is 3.10. The Kier molecular flexibility index (Phi) is 5.22.